The van der Waals surface area contributed by atoms with Crippen LogP contribution in [0.3, 0.4) is 0 Å². The molecular weight excluding hydrogens is 410 g/mol. The number of benzene rings is 1. The molecule has 2 aromatic heterocycles. The summed E-state index contributed by atoms with van der Waals surface area (Å²) in [5.41, 5.74) is 3.90. The highest BCUT2D eigenvalue weighted by Crippen LogP contribution is 2.24. The molecule has 4 rings (SSSR count). The number of rotatable bonds is 5. The molecule has 0 saturated carbocycles. The molecule has 1 fully saturated rings. The van der Waals surface area contributed by atoms with E-state index >= 15 is 0 Å². The van der Waals surface area contributed by atoms with Gasteiger partial charge < -0.3 is 14.4 Å². The Kier molecular flexibility index (Phi) is 5.93. The molecule has 3 aromatic rings. The highest BCUT2D eigenvalue weighted by atomic mass is 16.6. The number of methoxy groups -OCH3 is 1. The van der Waals surface area contributed by atoms with Gasteiger partial charge in [-0.15, -0.1) is 0 Å². The predicted molar refractivity (Wildman–Crippen MR) is 121 cm³/mol. The summed E-state index contributed by atoms with van der Waals surface area (Å²) in [4.78, 5) is 22.8. The Morgan fingerprint density at radius 2 is 2.16 bits per heavy atom. The van der Waals surface area contributed by atoms with E-state index in [1.54, 1.807) is 29.1 Å². The number of carbonyl (C=O) groups is 1. The molecule has 168 valence electrons. The second-order valence-corrected chi connectivity index (χ2v) is 8.49. The van der Waals surface area contributed by atoms with Gasteiger partial charge in [-0.05, 0) is 45.7 Å². The minimum atomic E-state index is -0.533. The van der Waals surface area contributed by atoms with Crippen molar-refractivity contribution < 1.29 is 14.3 Å². The van der Waals surface area contributed by atoms with Crippen LogP contribution in [0, 0.1) is 0 Å². The van der Waals surface area contributed by atoms with Crippen molar-refractivity contribution in [3.8, 4) is 11.4 Å². The molecule has 10 nitrogen and oxygen atoms in total. The monoisotopic (exact) mass is 437 g/mol. The van der Waals surface area contributed by atoms with Crippen molar-refractivity contribution in [2.24, 2.45) is 5.10 Å². The minimum Gasteiger partial charge on any atom is -0.497 e. The van der Waals surface area contributed by atoms with Crippen LogP contribution in [-0.4, -0.2) is 62.3 Å². The summed E-state index contributed by atoms with van der Waals surface area (Å²) in [5.74, 6) is 1.26. The second kappa shape index (κ2) is 8.81. The quantitative estimate of drug-likeness (QED) is 0.480. The minimum absolute atomic E-state index is 0.130. The normalized spacial score (nSPS) is 16.6. The Morgan fingerprint density at radius 3 is 2.94 bits per heavy atom. The SMILES string of the molecule is COc1cccc(-n2ncc3c(N/N=C/C4CCCN4C(=O)OC(C)(C)C)ncnc32)c1. The average molecular weight is 438 g/mol. The fourth-order valence-corrected chi connectivity index (χ4v) is 3.54. The second-order valence-electron chi connectivity index (χ2n) is 8.49. The predicted octanol–water partition coefficient (Wildman–Crippen LogP) is 3.62. The summed E-state index contributed by atoms with van der Waals surface area (Å²) >= 11 is 0. The third-order valence-corrected chi connectivity index (χ3v) is 5.01. The highest BCUT2D eigenvalue weighted by Gasteiger charge is 2.31. The third-order valence-electron chi connectivity index (χ3n) is 5.01. The number of aromatic nitrogens is 4. The zero-order valence-electron chi connectivity index (χ0n) is 18.6. The van der Waals surface area contributed by atoms with Crippen molar-refractivity contribution in [2.75, 3.05) is 19.1 Å². The van der Waals surface area contributed by atoms with Crippen LogP contribution in [0.4, 0.5) is 10.6 Å². The Balaban J connectivity index is 1.51. The molecule has 1 aromatic carbocycles. The highest BCUT2D eigenvalue weighted by molar-refractivity contribution is 5.87. The molecule has 0 spiro atoms. The van der Waals surface area contributed by atoms with Gasteiger partial charge in [-0.1, -0.05) is 6.07 Å². The lowest BCUT2D eigenvalue weighted by atomic mass is 10.2. The largest absolute Gasteiger partial charge is 0.497 e. The smallest absolute Gasteiger partial charge is 0.410 e. The zero-order chi connectivity index (χ0) is 22.7. The maximum atomic E-state index is 12.4. The van der Waals surface area contributed by atoms with Crippen LogP contribution in [0.15, 0.2) is 41.9 Å². The number of ether oxygens (including phenoxy) is 2. The van der Waals surface area contributed by atoms with Crippen LogP contribution in [0.5, 0.6) is 5.75 Å². The summed E-state index contributed by atoms with van der Waals surface area (Å²) in [5, 5.41) is 9.52. The Bertz CT molecular complexity index is 1140. The fraction of sp³-hybridized carbons (Fsp3) is 0.409. The van der Waals surface area contributed by atoms with Gasteiger partial charge in [0.1, 0.15) is 17.7 Å². The molecule has 1 N–H and O–H groups in total. The van der Waals surface area contributed by atoms with E-state index in [1.807, 2.05) is 45.0 Å². The first-order valence-electron chi connectivity index (χ1n) is 10.5. The molecule has 0 bridgehead atoms. The maximum Gasteiger partial charge on any atom is 0.410 e. The van der Waals surface area contributed by atoms with E-state index in [0.717, 1.165) is 29.7 Å². The number of hydrogen-bond donors (Lipinski definition) is 1. The van der Waals surface area contributed by atoms with E-state index in [9.17, 15) is 4.79 Å². The van der Waals surface area contributed by atoms with Crippen molar-refractivity contribution in [3.05, 3.63) is 36.8 Å². The number of amides is 1. The Hall–Kier alpha value is -3.69. The summed E-state index contributed by atoms with van der Waals surface area (Å²) in [6.07, 6.45) is 6.28. The van der Waals surface area contributed by atoms with Crippen molar-refractivity contribution in [3.63, 3.8) is 0 Å². The van der Waals surface area contributed by atoms with Gasteiger partial charge >= 0.3 is 6.09 Å². The van der Waals surface area contributed by atoms with Gasteiger partial charge in [-0.3, -0.25) is 5.43 Å². The van der Waals surface area contributed by atoms with Gasteiger partial charge in [0.15, 0.2) is 11.5 Å². The van der Waals surface area contributed by atoms with Gasteiger partial charge in [0.25, 0.3) is 0 Å². The Labute approximate surface area is 186 Å². The zero-order valence-corrected chi connectivity index (χ0v) is 18.6. The molecule has 1 aliphatic heterocycles. The number of fused-ring (bicyclic) bond motifs is 1. The molecule has 1 atom stereocenters. The van der Waals surface area contributed by atoms with Crippen LogP contribution in [0.2, 0.25) is 0 Å². The number of hydrazone groups is 1. The summed E-state index contributed by atoms with van der Waals surface area (Å²) in [6.45, 7) is 6.23. The maximum absolute atomic E-state index is 12.4. The van der Waals surface area contributed by atoms with E-state index in [1.165, 1.54) is 6.33 Å². The van der Waals surface area contributed by atoms with E-state index in [0.29, 0.717) is 18.0 Å². The molecular formula is C22H27N7O3. The summed E-state index contributed by atoms with van der Waals surface area (Å²) in [6, 6.07) is 7.44. The fourth-order valence-electron chi connectivity index (χ4n) is 3.54. The lowest BCUT2D eigenvalue weighted by Gasteiger charge is -2.26. The molecule has 1 unspecified atom stereocenters. The molecule has 0 radical (unpaired) electrons. The lowest BCUT2D eigenvalue weighted by molar-refractivity contribution is 0.0268. The van der Waals surface area contributed by atoms with E-state index < -0.39 is 5.60 Å². The number of carbonyl (C=O) groups excluding carboxylic acids is 1. The van der Waals surface area contributed by atoms with Crippen molar-refractivity contribution in [1.29, 1.82) is 0 Å². The number of anilines is 1. The van der Waals surface area contributed by atoms with Gasteiger partial charge in [0.2, 0.25) is 0 Å². The average Bonchev–Trinajstić information content (AvgIpc) is 3.40. The standard InChI is InChI=1S/C22H27N7O3/c1-22(2,3)32-21(30)28-10-6-8-16(28)12-25-27-19-18-13-26-29(20(18)24-14-23-19)15-7-5-9-17(11-15)31-4/h5,7,9,11-14,16H,6,8,10H2,1-4H3,(H,23,24,27)/b25-12+. The van der Waals surface area contributed by atoms with Crippen molar-refractivity contribution in [2.45, 2.75) is 45.3 Å². The van der Waals surface area contributed by atoms with E-state index in [2.05, 4.69) is 25.6 Å². The number of nitrogens with zero attached hydrogens (tertiary/aromatic N) is 6. The van der Waals surface area contributed by atoms with Crippen LogP contribution in [0.1, 0.15) is 33.6 Å². The van der Waals surface area contributed by atoms with Gasteiger partial charge in [-0.2, -0.15) is 10.2 Å². The molecule has 10 heteroatoms. The molecule has 0 aliphatic carbocycles. The van der Waals surface area contributed by atoms with Gasteiger partial charge in [0.05, 0.1) is 30.4 Å². The molecule has 1 saturated heterocycles. The van der Waals surface area contributed by atoms with Crippen LogP contribution < -0.4 is 10.2 Å². The number of nitrogens with one attached hydrogen (secondary N) is 1. The Morgan fingerprint density at radius 1 is 1.31 bits per heavy atom. The van der Waals surface area contributed by atoms with Crippen molar-refractivity contribution in [1.82, 2.24) is 24.6 Å². The van der Waals surface area contributed by atoms with Crippen LogP contribution in [-0.2, 0) is 4.74 Å². The van der Waals surface area contributed by atoms with Crippen LogP contribution in [0.25, 0.3) is 16.7 Å². The van der Waals surface area contributed by atoms with E-state index in [4.69, 9.17) is 9.47 Å². The van der Waals surface area contributed by atoms with Gasteiger partial charge in [0, 0.05) is 18.8 Å². The molecule has 1 aliphatic rings. The first-order valence-corrected chi connectivity index (χ1v) is 10.5. The topological polar surface area (TPSA) is 107 Å². The molecule has 3 heterocycles. The van der Waals surface area contributed by atoms with Crippen LogP contribution >= 0.6 is 0 Å². The summed E-state index contributed by atoms with van der Waals surface area (Å²) < 4.78 is 12.5. The van der Waals surface area contributed by atoms with Gasteiger partial charge in [-0.25, -0.2) is 19.4 Å². The number of hydrogen-bond acceptors (Lipinski definition) is 8. The third kappa shape index (κ3) is 4.63. The molecule has 1 amide bonds. The first-order chi connectivity index (χ1) is 15.4. The lowest BCUT2D eigenvalue weighted by Crippen LogP contribution is -2.40. The van der Waals surface area contributed by atoms with E-state index in [-0.39, 0.29) is 12.1 Å². The summed E-state index contributed by atoms with van der Waals surface area (Å²) in [7, 11) is 1.62. The van der Waals surface area contributed by atoms with Crippen molar-refractivity contribution >= 4 is 29.2 Å². The first kappa shape index (κ1) is 21.5. The number of likely N-dealkylation sites (tertiary alicyclic amines) is 1. The molecule has 32 heavy (non-hydrogen) atoms.